The Hall–Kier alpha value is -0.0800. The number of hydrogen-bond acceptors (Lipinski definition) is 2. The van der Waals surface area contributed by atoms with Crippen LogP contribution in [-0.4, -0.2) is 18.2 Å². The third-order valence-electron chi connectivity index (χ3n) is 8.10. The van der Waals surface area contributed by atoms with Crippen LogP contribution < -0.4 is 5.73 Å². The topological polar surface area (TPSA) is 35.2 Å². The molecule has 6 aliphatic rings. The Morgan fingerprint density at radius 2 is 1.52 bits per heavy atom. The Labute approximate surface area is 129 Å². The van der Waals surface area contributed by atoms with E-state index in [0.29, 0.717) is 11.5 Å². The average Bonchev–Trinajstić information content (AvgIpc) is 2.43. The molecule has 118 valence electrons. The van der Waals surface area contributed by atoms with Crippen LogP contribution in [0.4, 0.5) is 0 Å². The zero-order valence-electron chi connectivity index (χ0n) is 13.4. The van der Waals surface area contributed by atoms with Gasteiger partial charge in [0.1, 0.15) is 0 Å². The van der Waals surface area contributed by atoms with Crippen molar-refractivity contribution < 1.29 is 4.74 Å². The summed E-state index contributed by atoms with van der Waals surface area (Å²) in [7, 11) is 0. The molecule has 4 bridgehead atoms. The van der Waals surface area contributed by atoms with E-state index in [2.05, 4.69) is 0 Å². The third kappa shape index (κ3) is 1.97. The van der Waals surface area contributed by atoms with Crippen LogP contribution in [0.3, 0.4) is 0 Å². The highest BCUT2D eigenvalue weighted by Crippen LogP contribution is 2.62. The van der Waals surface area contributed by atoms with E-state index in [1.54, 1.807) is 0 Å². The van der Waals surface area contributed by atoms with Crippen molar-refractivity contribution in [1.29, 1.82) is 0 Å². The first kappa shape index (κ1) is 13.4. The smallest absolute Gasteiger partial charge is 0.0685 e. The Morgan fingerprint density at radius 1 is 0.905 bits per heavy atom. The van der Waals surface area contributed by atoms with E-state index >= 15 is 0 Å². The molecule has 2 unspecified atom stereocenters. The molecule has 1 heterocycles. The maximum atomic E-state index is 6.99. The summed E-state index contributed by atoms with van der Waals surface area (Å²) in [5.74, 6) is 3.83. The molecule has 0 radical (unpaired) electrons. The summed E-state index contributed by atoms with van der Waals surface area (Å²) in [6, 6.07) is 0.465. The lowest BCUT2D eigenvalue weighted by Crippen LogP contribution is -2.59. The second kappa shape index (κ2) is 4.47. The van der Waals surface area contributed by atoms with Gasteiger partial charge in [-0.3, -0.25) is 0 Å². The molecule has 21 heavy (non-hydrogen) atoms. The highest BCUT2D eigenvalue weighted by molar-refractivity contribution is 5.08. The predicted molar refractivity (Wildman–Crippen MR) is 83.8 cm³/mol. The lowest BCUT2D eigenvalue weighted by molar-refractivity contribution is -0.159. The van der Waals surface area contributed by atoms with Crippen molar-refractivity contribution in [2.75, 3.05) is 6.61 Å². The molecule has 2 nitrogen and oxygen atoms in total. The Kier molecular flexibility index (Phi) is 2.85. The molecule has 1 aliphatic heterocycles. The molecular formula is C19H31NO. The number of rotatable bonds is 2. The summed E-state index contributed by atoms with van der Waals surface area (Å²) < 4.78 is 6.15. The highest BCUT2D eigenvalue weighted by Gasteiger charge is 2.56. The van der Waals surface area contributed by atoms with Gasteiger partial charge in [0.25, 0.3) is 0 Å². The number of hydrogen-bond donors (Lipinski definition) is 1. The summed E-state index contributed by atoms with van der Waals surface area (Å²) in [5, 5.41) is 0. The van der Waals surface area contributed by atoms with Gasteiger partial charge in [0.05, 0.1) is 5.60 Å². The molecule has 5 aliphatic carbocycles. The summed E-state index contributed by atoms with van der Waals surface area (Å²) in [4.78, 5) is 0. The zero-order chi connectivity index (χ0) is 14.1. The monoisotopic (exact) mass is 289 g/mol. The van der Waals surface area contributed by atoms with Crippen LogP contribution in [0.15, 0.2) is 0 Å². The van der Waals surface area contributed by atoms with Crippen LogP contribution in [0.1, 0.15) is 70.6 Å². The molecule has 0 amide bonds. The molecule has 6 rings (SSSR count). The molecule has 1 spiro atoms. The summed E-state index contributed by atoms with van der Waals surface area (Å²) in [6.07, 6.45) is 15.5. The maximum Gasteiger partial charge on any atom is 0.0685 e. The van der Waals surface area contributed by atoms with Crippen LogP contribution in [0.2, 0.25) is 0 Å². The lowest BCUT2D eigenvalue weighted by atomic mass is 9.46. The normalized spacial score (nSPS) is 51.9. The number of nitrogens with two attached hydrogens (primary N) is 1. The van der Waals surface area contributed by atoms with Gasteiger partial charge in [-0.2, -0.15) is 0 Å². The van der Waals surface area contributed by atoms with Crippen LogP contribution >= 0.6 is 0 Å². The van der Waals surface area contributed by atoms with Crippen molar-refractivity contribution in [2.24, 2.45) is 34.8 Å². The van der Waals surface area contributed by atoms with Crippen LogP contribution in [0.25, 0.3) is 0 Å². The molecular weight excluding hydrogens is 258 g/mol. The SMILES string of the molecule is NC(C1CCOC2(CCC2)C1)C12CC3CC(CC(C3)C1)C2. The lowest BCUT2D eigenvalue weighted by Gasteiger charge is -2.61. The largest absolute Gasteiger partial charge is 0.375 e. The van der Waals surface area contributed by atoms with Crippen molar-refractivity contribution in [3.05, 3.63) is 0 Å². The molecule has 0 aromatic rings. The first-order valence-electron chi connectivity index (χ1n) is 9.56. The van der Waals surface area contributed by atoms with E-state index in [0.717, 1.165) is 30.3 Å². The minimum Gasteiger partial charge on any atom is -0.375 e. The molecule has 0 aromatic heterocycles. The minimum atomic E-state index is 0.267. The van der Waals surface area contributed by atoms with Gasteiger partial charge in [0.2, 0.25) is 0 Å². The van der Waals surface area contributed by atoms with Gasteiger partial charge in [0, 0.05) is 12.6 Å². The molecule has 5 saturated carbocycles. The van der Waals surface area contributed by atoms with E-state index in [-0.39, 0.29) is 5.60 Å². The Balaban J connectivity index is 1.37. The highest BCUT2D eigenvalue weighted by atomic mass is 16.5. The van der Waals surface area contributed by atoms with Gasteiger partial charge in [0.15, 0.2) is 0 Å². The molecule has 2 heteroatoms. The number of ether oxygens (including phenoxy) is 1. The second-order valence-electron chi connectivity index (χ2n) is 9.44. The fourth-order valence-electron chi connectivity index (χ4n) is 7.38. The summed E-state index contributed by atoms with van der Waals surface area (Å²) in [5.41, 5.74) is 7.79. The van der Waals surface area contributed by atoms with Gasteiger partial charge in [-0.05, 0) is 99.7 Å². The second-order valence-corrected chi connectivity index (χ2v) is 9.44. The van der Waals surface area contributed by atoms with Crippen molar-refractivity contribution in [2.45, 2.75) is 82.3 Å². The first-order chi connectivity index (χ1) is 10.2. The average molecular weight is 289 g/mol. The van der Waals surface area contributed by atoms with E-state index in [9.17, 15) is 0 Å². The summed E-state index contributed by atoms with van der Waals surface area (Å²) in [6.45, 7) is 0.977. The van der Waals surface area contributed by atoms with Gasteiger partial charge in [-0.25, -0.2) is 0 Å². The van der Waals surface area contributed by atoms with Crippen LogP contribution in [-0.2, 0) is 4.74 Å². The van der Waals surface area contributed by atoms with Gasteiger partial charge in [-0.15, -0.1) is 0 Å². The van der Waals surface area contributed by atoms with Gasteiger partial charge in [-0.1, -0.05) is 0 Å². The van der Waals surface area contributed by atoms with Crippen molar-refractivity contribution in [3.8, 4) is 0 Å². The summed E-state index contributed by atoms with van der Waals surface area (Å²) >= 11 is 0. The predicted octanol–water partition coefficient (Wildman–Crippen LogP) is 3.88. The zero-order valence-corrected chi connectivity index (χ0v) is 13.4. The van der Waals surface area contributed by atoms with E-state index in [4.69, 9.17) is 10.5 Å². The van der Waals surface area contributed by atoms with Crippen molar-refractivity contribution in [3.63, 3.8) is 0 Å². The molecule has 6 fully saturated rings. The molecule has 2 N–H and O–H groups in total. The van der Waals surface area contributed by atoms with E-state index < -0.39 is 0 Å². The van der Waals surface area contributed by atoms with Crippen molar-refractivity contribution >= 4 is 0 Å². The van der Waals surface area contributed by atoms with Gasteiger partial charge >= 0.3 is 0 Å². The van der Waals surface area contributed by atoms with Gasteiger partial charge < -0.3 is 10.5 Å². The Morgan fingerprint density at radius 3 is 2.05 bits per heavy atom. The fourth-order valence-corrected chi connectivity index (χ4v) is 7.38. The van der Waals surface area contributed by atoms with Crippen LogP contribution in [0, 0.1) is 29.1 Å². The van der Waals surface area contributed by atoms with E-state index in [1.165, 1.54) is 70.6 Å². The standard InChI is InChI=1S/C19H31NO/c20-17(16-2-5-21-19(12-16)3-1-4-19)18-9-13-6-14(10-18)8-15(7-13)11-18/h13-17H,1-12,20H2. The first-order valence-corrected chi connectivity index (χ1v) is 9.56. The van der Waals surface area contributed by atoms with Crippen LogP contribution in [0.5, 0.6) is 0 Å². The van der Waals surface area contributed by atoms with Crippen molar-refractivity contribution in [1.82, 2.24) is 0 Å². The fraction of sp³-hybridized carbons (Fsp3) is 1.00. The Bertz CT molecular complexity index is 392. The van der Waals surface area contributed by atoms with E-state index in [1.807, 2.05) is 0 Å². The maximum absolute atomic E-state index is 6.99. The minimum absolute atomic E-state index is 0.267. The quantitative estimate of drug-likeness (QED) is 0.837. The molecule has 0 aromatic carbocycles. The molecule has 2 atom stereocenters. The molecule has 1 saturated heterocycles. The third-order valence-corrected chi connectivity index (χ3v) is 8.10.